The van der Waals surface area contributed by atoms with Crippen LogP contribution in [0.1, 0.15) is 49.0 Å². The van der Waals surface area contributed by atoms with Crippen molar-refractivity contribution < 1.29 is 19.1 Å². The van der Waals surface area contributed by atoms with Gasteiger partial charge in [0.1, 0.15) is 11.8 Å². The van der Waals surface area contributed by atoms with E-state index in [9.17, 15) is 9.59 Å². The lowest BCUT2D eigenvalue weighted by atomic mass is 10.0. The first kappa shape index (κ1) is 22.4. The second-order valence-electron chi connectivity index (χ2n) is 7.42. The molecule has 0 fully saturated rings. The first-order valence-electron chi connectivity index (χ1n) is 10.9. The van der Waals surface area contributed by atoms with E-state index in [4.69, 9.17) is 9.47 Å². The fourth-order valence-electron chi connectivity index (χ4n) is 3.44. The second kappa shape index (κ2) is 11.2. The van der Waals surface area contributed by atoms with Crippen molar-refractivity contribution in [3.05, 3.63) is 65.9 Å². The smallest absolute Gasteiger partial charge is 0.328 e. The van der Waals surface area contributed by atoms with Gasteiger partial charge in [0.2, 0.25) is 0 Å². The van der Waals surface area contributed by atoms with Gasteiger partial charge in [0.15, 0.2) is 0 Å². The van der Waals surface area contributed by atoms with Crippen LogP contribution in [0.2, 0.25) is 0 Å². The fraction of sp³-hybridized carbons (Fsp3) is 0.360. The summed E-state index contributed by atoms with van der Waals surface area (Å²) >= 11 is 0. The summed E-state index contributed by atoms with van der Waals surface area (Å²) in [6.45, 7) is 4.81. The molecule has 0 aliphatic carbocycles. The molecule has 1 heterocycles. The molecule has 0 spiro atoms. The highest BCUT2D eigenvalue weighted by Gasteiger charge is 2.24. The molecule has 2 aromatic carbocycles. The summed E-state index contributed by atoms with van der Waals surface area (Å²) < 4.78 is 10.9. The lowest BCUT2D eigenvalue weighted by Gasteiger charge is -2.17. The third-order valence-corrected chi connectivity index (χ3v) is 5.11. The van der Waals surface area contributed by atoms with E-state index in [0.29, 0.717) is 18.6 Å². The number of amides is 1. The maximum atomic E-state index is 12.8. The van der Waals surface area contributed by atoms with Crippen molar-refractivity contribution >= 4 is 22.8 Å². The van der Waals surface area contributed by atoms with Gasteiger partial charge in [0, 0.05) is 29.1 Å². The van der Waals surface area contributed by atoms with Gasteiger partial charge in [0.05, 0.1) is 13.2 Å². The molecule has 6 heteroatoms. The number of carbonyl (C=O) groups excluding carboxylic acids is 2. The van der Waals surface area contributed by atoms with Crippen LogP contribution in [0.4, 0.5) is 0 Å². The van der Waals surface area contributed by atoms with Gasteiger partial charge in [-0.1, -0.05) is 38.0 Å². The molecule has 3 rings (SSSR count). The van der Waals surface area contributed by atoms with Gasteiger partial charge in [-0.05, 0) is 49.2 Å². The lowest BCUT2D eigenvalue weighted by Crippen LogP contribution is -2.43. The van der Waals surface area contributed by atoms with E-state index in [2.05, 4.69) is 17.2 Å². The molecule has 0 aliphatic heterocycles. The largest absolute Gasteiger partial charge is 0.494 e. The minimum Gasteiger partial charge on any atom is -0.494 e. The van der Waals surface area contributed by atoms with Crippen molar-refractivity contribution in [1.29, 1.82) is 0 Å². The van der Waals surface area contributed by atoms with Gasteiger partial charge >= 0.3 is 5.97 Å². The zero-order valence-corrected chi connectivity index (χ0v) is 18.1. The Morgan fingerprint density at radius 1 is 1.03 bits per heavy atom. The second-order valence-corrected chi connectivity index (χ2v) is 7.42. The molecule has 164 valence electrons. The van der Waals surface area contributed by atoms with E-state index in [0.717, 1.165) is 41.5 Å². The summed E-state index contributed by atoms with van der Waals surface area (Å²) in [7, 11) is 0. The molecule has 1 amide bonds. The van der Waals surface area contributed by atoms with Gasteiger partial charge < -0.3 is 19.8 Å². The number of fused-ring (bicyclic) bond motifs is 1. The zero-order chi connectivity index (χ0) is 22.1. The molecule has 0 saturated heterocycles. The number of aromatic amines is 1. The van der Waals surface area contributed by atoms with Crippen LogP contribution < -0.4 is 10.1 Å². The van der Waals surface area contributed by atoms with Crippen molar-refractivity contribution in [2.45, 2.75) is 45.6 Å². The van der Waals surface area contributed by atoms with Crippen molar-refractivity contribution in [2.75, 3.05) is 13.2 Å². The topological polar surface area (TPSA) is 80.4 Å². The summed E-state index contributed by atoms with van der Waals surface area (Å²) in [5.41, 5.74) is 2.40. The zero-order valence-electron chi connectivity index (χ0n) is 18.1. The van der Waals surface area contributed by atoms with Crippen LogP contribution in [0.15, 0.2) is 54.7 Å². The molecular weight excluding hydrogens is 392 g/mol. The molecule has 6 nitrogen and oxygen atoms in total. The van der Waals surface area contributed by atoms with Gasteiger partial charge in [-0.15, -0.1) is 0 Å². The Bertz CT molecular complexity index is 994. The average Bonchev–Trinajstić information content (AvgIpc) is 3.20. The van der Waals surface area contributed by atoms with Crippen LogP contribution in [-0.2, 0) is 16.0 Å². The minimum atomic E-state index is -0.781. The molecular formula is C25H30N2O4. The van der Waals surface area contributed by atoms with Crippen molar-refractivity contribution in [1.82, 2.24) is 10.3 Å². The van der Waals surface area contributed by atoms with Gasteiger partial charge in [-0.3, -0.25) is 4.79 Å². The number of esters is 1. The van der Waals surface area contributed by atoms with Crippen LogP contribution in [0.3, 0.4) is 0 Å². The number of rotatable bonds is 11. The molecule has 0 bridgehead atoms. The molecule has 0 radical (unpaired) electrons. The number of unbranched alkanes of at least 4 members (excludes halogenated alkanes) is 2. The Kier molecular flexibility index (Phi) is 8.10. The van der Waals surface area contributed by atoms with Crippen LogP contribution in [-0.4, -0.2) is 36.1 Å². The molecule has 2 N–H and O–H groups in total. The van der Waals surface area contributed by atoms with Crippen LogP contribution in [0.25, 0.3) is 10.9 Å². The van der Waals surface area contributed by atoms with E-state index < -0.39 is 12.0 Å². The first-order chi connectivity index (χ1) is 15.1. The number of hydrogen-bond acceptors (Lipinski definition) is 4. The summed E-state index contributed by atoms with van der Waals surface area (Å²) in [6, 6.07) is 14.1. The van der Waals surface area contributed by atoms with Crippen LogP contribution >= 0.6 is 0 Å². The SMILES string of the molecule is CCCCCOc1ccc(C(=O)NC(Cc2c[nH]c3ccccc23)C(=O)OCC)cc1. The van der Waals surface area contributed by atoms with E-state index in [1.807, 2.05) is 30.5 Å². The summed E-state index contributed by atoms with van der Waals surface area (Å²) in [6.07, 6.45) is 5.49. The van der Waals surface area contributed by atoms with Crippen LogP contribution in [0, 0.1) is 0 Å². The Morgan fingerprint density at radius 2 is 1.81 bits per heavy atom. The Morgan fingerprint density at radius 3 is 2.55 bits per heavy atom. The molecule has 1 unspecified atom stereocenters. The Hall–Kier alpha value is -3.28. The molecule has 31 heavy (non-hydrogen) atoms. The van der Waals surface area contributed by atoms with Crippen molar-refractivity contribution in [3.63, 3.8) is 0 Å². The van der Waals surface area contributed by atoms with Crippen LogP contribution in [0.5, 0.6) is 5.75 Å². The number of ether oxygens (including phenoxy) is 2. The van der Waals surface area contributed by atoms with Gasteiger partial charge in [-0.2, -0.15) is 0 Å². The highest BCUT2D eigenvalue weighted by Crippen LogP contribution is 2.20. The number of aromatic nitrogens is 1. The standard InChI is InChI=1S/C25H30N2O4/c1-3-5-8-15-31-20-13-11-18(12-14-20)24(28)27-23(25(29)30-4-2)16-19-17-26-22-10-7-6-9-21(19)22/h6-7,9-14,17,23,26H,3-5,8,15-16H2,1-2H3,(H,27,28). The maximum absolute atomic E-state index is 12.8. The predicted molar refractivity (Wildman–Crippen MR) is 121 cm³/mol. The van der Waals surface area contributed by atoms with E-state index >= 15 is 0 Å². The minimum absolute atomic E-state index is 0.253. The van der Waals surface area contributed by atoms with E-state index in [1.165, 1.54) is 0 Å². The van der Waals surface area contributed by atoms with Gasteiger partial charge in [0.25, 0.3) is 5.91 Å². The molecule has 0 saturated carbocycles. The fourth-order valence-corrected chi connectivity index (χ4v) is 3.44. The predicted octanol–water partition coefficient (Wildman–Crippen LogP) is 4.64. The average molecular weight is 423 g/mol. The van der Waals surface area contributed by atoms with Crippen molar-refractivity contribution in [2.24, 2.45) is 0 Å². The number of carbonyl (C=O) groups is 2. The van der Waals surface area contributed by atoms with Crippen molar-refractivity contribution in [3.8, 4) is 5.75 Å². The summed E-state index contributed by atoms with van der Waals surface area (Å²) in [5, 5.41) is 3.86. The Labute approximate surface area is 182 Å². The van der Waals surface area contributed by atoms with E-state index in [1.54, 1.807) is 31.2 Å². The highest BCUT2D eigenvalue weighted by atomic mass is 16.5. The molecule has 1 aromatic heterocycles. The molecule has 0 aliphatic rings. The number of nitrogens with one attached hydrogen (secondary N) is 2. The number of hydrogen-bond donors (Lipinski definition) is 2. The quantitative estimate of drug-likeness (QED) is 0.348. The third kappa shape index (κ3) is 6.10. The third-order valence-electron chi connectivity index (χ3n) is 5.11. The molecule has 3 aromatic rings. The van der Waals surface area contributed by atoms with E-state index in [-0.39, 0.29) is 12.5 Å². The summed E-state index contributed by atoms with van der Waals surface area (Å²) in [5.74, 6) is -0.0409. The first-order valence-corrected chi connectivity index (χ1v) is 10.9. The maximum Gasteiger partial charge on any atom is 0.328 e. The highest BCUT2D eigenvalue weighted by molar-refractivity contribution is 5.97. The number of H-pyrrole nitrogens is 1. The van der Waals surface area contributed by atoms with Gasteiger partial charge in [-0.25, -0.2) is 4.79 Å². The monoisotopic (exact) mass is 422 g/mol. The Balaban J connectivity index is 1.67. The number of para-hydroxylation sites is 1. The number of benzene rings is 2. The molecule has 1 atom stereocenters. The lowest BCUT2D eigenvalue weighted by molar-refractivity contribution is -0.145. The normalized spacial score (nSPS) is 11.8. The summed E-state index contributed by atoms with van der Waals surface area (Å²) in [4.78, 5) is 28.5.